The van der Waals surface area contributed by atoms with E-state index < -0.39 is 0 Å². The summed E-state index contributed by atoms with van der Waals surface area (Å²) in [6.45, 7) is 0.700. The first-order chi connectivity index (χ1) is 19.6. The van der Waals surface area contributed by atoms with Gasteiger partial charge in [-0.15, -0.1) is 0 Å². The number of nitrogens with zero attached hydrogens (tertiary/aromatic N) is 3. The van der Waals surface area contributed by atoms with Crippen LogP contribution in [0.2, 0.25) is 10.0 Å². The Morgan fingerprint density at radius 2 is 1.62 bits per heavy atom. The van der Waals surface area contributed by atoms with Gasteiger partial charge in [-0.1, -0.05) is 73.5 Å². The maximum atomic E-state index is 13.6. The van der Waals surface area contributed by atoms with E-state index in [9.17, 15) is 4.79 Å². The molecule has 1 amide bonds. The molecule has 0 bridgehead atoms. The molecular formula is C31H33Cl2N5O2. The molecule has 2 heterocycles. The van der Waals surface area contributed by atoms with Gasteiger partial charge in [0.2, 0.25) is 5.88 Å². The fourth-order valence-electron chi connectivity index (χ4n) is 4.95. The molecule has 4 aromatic rings. The van der Waals surface area contributed by atoms with Crippen LogP contribution in [0.25, 0.3) is 5.69 Å². The summed E-state index contributed by atoms with van der Waals surface area (Å²) >= 11 is 12.7. The molecule has 0 aliphatic heterocycles. The largest absolute Gasteiger partial charge is 0.439 e. The number of halogens is 2. The highest BCUT2D eigenvalue weighted by atomic mass is 35.5. The van der Waals surface area contributed by atoms with Gasteiger partial charge in [0.1, 0.15) is 5.75 Å². The maximum absolute atomic E-state index is 13.6. The molecule has 0 spiro atoms. The summed E-state index contributed by atoms with van der Waals surface area (Å²) in [4.78, 5) is 17.9. The SMILES string of the molecule is O=C(NCc1ccccn1)c1nn(-c2ccccc2Cl)c(Oc2ccc(Cl)cc2)c1CNC1CCCCCCC1. The Kier molecular flexibility index (Phi) is 9.71. The van der Waals surface area contributed by atoms with E-state index in [0.29, 0.717) is 45.5 Å². The van der Waals surface area contributed by atoms with Crippen LogP contribution in [-0.2, 0) is 13.1 Å². The van der Waals surface area contributed by atoms with Gasteiger partial charge in [-0.3, -0.25) is 9.78 Å². The predicted octanol–water partition coefficient (Wildman–Crippen LogP) is 7.50. The van der Waals surface area contributed by atoms with Gasteiger partial charge in [0.25, 0.3) is 5.91 Å². The molecule has 2 N–H and O–H groups in total. The van der Waals surface area contributed by atoms with Crippen molar-refractivity contribution in [2.75, 3.05) is 0 Å². The number of nitrogens with one attached hydrogen (secondary N) is 2. The van der Waals surface area contributed by atoms with Crippen molar-refractivity contribution in [1.82, 2.24) is 25.4 Å². The molecule has 7 nitrogen and oxygen atoms in total. The summed E-state index contributed by atoms with van der Waals surface area (Å²) in [5.41, 5.74) is 2.31. The van der Waals surface area contributed by atoms with Crippen molar-refractivity contribution in [2.45, 2.75) is 64.1 Å². The second-order valence-corrected chi connectivity index (χ2v) is 10.8. The molecule has 208 valence electrons. The number of ether oxygens (including phenoxy) is 1. The first kappa shape index (κ1) is 28.1. The number of aromatic nitrogens is 3. The Bertz CT molecular complexity index is 1400. The van der Waals surface area contributed by atoms with E-state index >= 15 is 0 Å². The number of rotatable bonds is 9. The Balaban J connectivity index is 1.53. The number of pyridine rings is 1. The first-order valence-electron chi connectivity index (χ1n) is 13.8. The minimum Gasteiger partial charge on any atom is -0.439 e. The second-order valence-electron chi connectivity index (χ2n) is 9.98. The lowest BCUT2D eigenvalue weighted by Gasteiger charge is -2.21. The van der Waals surface area contributed by atoms with Gasteiger partial charge in [-0.05, 0) is 61.4 Å². The van der Waals surface area contributed by atoms with E-state index in [1.54, 1.807) is 41.2 Å². The lowest BCUT2D eigenvalue weighted by molar-refractivity contribution is 0.0943. The Morgan fingerprint density at radius 1 is 0.900 bits per heavy atom. The molecule has 2 aromatic heterocycles. The van der Waals surface area contributed by atoms with E-state index in [2.05, 4.69) is 15.6 Å². The van der Waals surface area contributed by atoms with Gasteiger partial charge in [0.15, 0.2) is 5.69 Å². The van der Waals surface area contributed by atoms with Gasteiger partial charge < -0.3 is 15.4 Å². The number of hydrogen-bond acceptors (Lipinski definition) is 5. The van der Waals surface area contributed by atoms with Crippen LogP contribution in [0.5, 0.6) is 11.6 Å². The zero-order valence-electron chi connectivity index (χ0n) is 22.3. The van der Waals surface area contributed by atoms with Crippen LogP contribution in [0.15, 0.2) is 72.9 Å². The number of benzene rings is 2. The molecule has 0 unspecified atom stereocenters. The number of amides is 1. The smallest absolute Gasteiger partial charge is 0.272 e. The quantitative estimate of drug-likeness (QED) is 0.215. The highest BCUT2D eigenvalue weighted by Gasteiger charge is 2.27. The Hall–Kier alpha value is -3.39. The molecule has 1 aliphatic rings. The normalized spacial score (nSPS) is 14.3. The summed E-state index contributed by atoms with van der Waals surface area (Å²) in [6.07, 6.45) is 10.1. The molecule has 1 aliphatic carbocycles. The standard InChI is InChI=1S/C31H33Cl2N5O2/c32-22-15-17-25(18-16-22)40-31-26(21-35-23-10-4-2-1-3-5-11-23)29(30(39)36-20-24-12-8-9-19-34-24)37-38(31)28-14-7-6-13-27(28)33/h6-9,12-19,23,35H,1-5,10-11,20-21H2,(H,36,39). The average molecular weight is 579 g/mol. The maximum Gasteiger partial charge on any atom is 0.272 e. The molecule has 1 fully saturated rings. The first-order valence-corrected chi connectivity index (χ1v) is 14.6. The summed E-state index contributed by atoms with van der Waals surface area (Å²) in [5.74, 6) is 0.689. The molecule has 9 heteroatoms. The fourth-order valence-corrected chi connectivity index (χ4v) is 5.29. The van der Waals surface area contributed by atoms with Crippen LogP contribution in [0.4, 0.5) is 0 Å². The van der Waals surface area contributed by atoms with Crippen LogP contribution in [0.3, 0.4) is 0 Å². The van der Waals surface area contributed by atoms with Crippen LogP contribution in [-0.4, -0.2) is 26.7 Å². The van der Waals surface area contributed by atoms with E-state index in [4.69, 9.17) is 33.0 Å². The number of para-hydroxylation sites is 1. The lowest BCUT2D eigenvalue weighted by Crippen LogP contribution is -2.31. The fraction of sp³-hybridized carbons (Fsp3) is 0.323. The van der Waals surface area contributed by atoms with E-state index in [1.165, 1.54) is 32.1 Å². The predicted molar refractivity (Wildman–Crippen MR) is 158 cm³/mol. The summed E-state index contributed by atoms with van der Waals surface area (Å²) < 4.78 is 8.05. The van der Waals surface area contributed by atoms with Crippen LogP contribution in [0.1, 0.15) is 66.7 Å². The third-order valence-corrected chi connectivity index (χ3v) is 7.66. The molecule has 40 heavy (non-hydrogen) atoms. The van der Waals surface area contributed by atoms with Crippen LogP contribution < -0.4 is 15.4 Å². The number of carbonyl (C=O) groups is 1. The monoisotopic (exact) mass is 577 g/mol. The summed E-state index contributed by atoms with van der Waals surface area (Å²) in [5, 5.41) is 12.6. The van der Waals surface area contributed by atoms with E-state index in [1.807, 2.05) is 36.4 Å². The lowest BCUT2D eigenvalue weighted by atomic mass is 9.96. The molecule has 0 atom stereocenters. The zero-order valence-corrected chi connectivity index (χ0v) is 23.8. The second kappa shape index (κ2) is 13.8. The summed E-state index contributed by atoms with van der Waals surface area (Å²) in [6, 6.07) is 20.4. The van der Waals surface area contributed by atoms with Crippen molar-refractivity contribution in [2.24, 2.45) is 0 Å². The van der Waals surface area contributed by atoms with Crippen molar-refractivity contribution in [3.8, 4) is 17.3 Å². The van der Waals surface area contributed by atoms with Crippen LogP contribution in [0, 0.1) is 0 Å². The van der Waals surface area contributed by atoms with E-state index in [0.717, 1.165) is 18.5 Å². The van der Waals surface area contributed by atoms with Gasteiger partial charge in [-0.25, -0.2) is 0 Å². The molecule has 0 saturated heterocycles. The molecule has 2 aromatic carbocycles. The van der Waals surface area contributed by atoms with Crippen LogP contribution >= 0.6 is 23.2 Å². The zero-order chi connectivity index (χ0) is 27.7. The van der Waals surface area contributed by atoms with Crippen molar-refractivity contribution in [1.29, 1.82) is 0 Å². The highest BCUT2D eigenvalue weighted by molar-refractivity contribution is 6.32. The van der Waals surface area contributed by atoms with Crippen molar-refractivity contribution in [3.63, 3.8) is 0 Å². The average Bonchev–Trinajstić information content (AvgIpc) is 3.31. The van der Waals surface area contributed by atoms with Gasteiger partial charge in [0, 0.05) is 23.8 Å². The third-order valence-electron chi connectivity index (χ3n) is 7.09. The molecule has 5 rings (SSSR count). The minimum absolute atomic E-state index is 0.276. The number of hydrogen-bond donors (Lipinski definition) is 2. The van der Waals surface area contributed by atoms with Gasteiger partial charge >= 0.3 is 0 Å². The Morgan fingerprint density at radius 3 is 2.35 bits per heavy atom. The topological polar surface area (TPSA) is 81.1 Å². The minimum atomic E-state index is -0.313. The van der Waals surface area contributed by atoms with Crippen molar-refractivity contribution in [3.05, 3.63) is 99.9 Å². The molecule has 0 radical (unpaired) electrons. The third kappa shape index (κ3) is 7.22. The highest BCUT2D eigenvalue weighted by Crippen LogP contribution is 2.34. The molecule has 1 saturated carbocycles. The van der Waals surface area contributed by atoms with Gasteiger partial charge in [0.05, 0.1) is 28.5 Å². The van der Waals surface area contributed by atoms with E-state index in [-0.39, 0.29) is 18.1 Å². The summed E-state index contributed by atoms with van der Waals surface area (Å²) in [7, 11) is 0. The van der Waals surface area contributed by atoms with Crippen molar-refractivity contribution >= 4 is 29.1 Å². The van der Waals surface area contributed by atoms with Crippen molar-refractivity contribution < 1.29 is 9.53 Å². The Labute approximate surface area is 244 Å². The van der Waals surface area contributed by atoms with Gasteiger partial charge in [-0.2, -0.15) is 9.78 Å². The number of carbonyl (C=O) groups excluding carboxylic acids is 1. The molecular weight excluding hydrogens is 545 g/mol.